The smallest absolute Gasteiger partial charge is 0.147 e. The van der Waals surface area contributed by atoms with E-state index < -0.39 is 9.84 Å². The van der Waals surface area contributed by atoms with Gasteiger partial charge in [0.05, 0.1) is 11.4 Å². The Balaban J connectivity index is 2.06. The third-order valence-electron chi connectivity index (χ3n) is 4.01. The molecule has 2 heterocycles. The predicted molar refractivity (Wildman–Crippen MR) is 85.3 cm³/mol. The monoisotopic (exact) mass is 333 g/mol. The summed E-state index contributed by atoms with van der Waals surface area (Å²) in [4.78, 5) is 2.31. The SMILES string of the molecule is CCc1nn(C)c(Cl)c1CN1CCCC(CS(C)(=O)=O)C1. The lowest BCUT2D eigenvalue weighted by atomic mass is 9.99. The van der Waals surface area contributed by atoms with Crippen LogP contribution in [0.25, 0.3) is 0 Å². The first kappa shape index (κ1) is 16.8. The van der Waals surface area contributed by atoms with Crippen molar-refractivity contribution in [1.29, 1.82) is 0 Å². The molecule has 0 N–H and O–H groups in total. The fraction of sp³-hybridized carbons (Fsp3) is 0.786. The molecule has 2 rings (SSSR count). The van der Waals surface area contributed by atoms with Crippen LogP contribution in [0.15, 0.2) is 0 Å². The van der Waals surface area contributed by atoms with E-state index in [1.54, 1.807) is 4.68 Å². The molecule has 1 fully saturated rings. The second-order valence-electron chi connectivity index (χ2n) is 6.03. The summed E-state index contributed by atoms with van der Waals surface area (Å²) in [5.74, 6) is 0.513. The van der Waals surface area contributed by atoms with Gasteiger partial charge in [0.1, 0.15) is 15.0 Å². The van der Waals surface area contributed by atoms with Gasteiger partial charge < -0.3 is 0 Å². The average Bonchev–Trinajstić information content (AvgIpc) is 2.65. The first-order chi connectivity index (χ1) is 9.80. The number of hydrogen-bond donors (Lipinski definition) is 0. The van der Waals surface area contributed by atoms with Gasteiger partial charge in [0.25, 0.3) is 0 Å². The number of halogens is 1. The third-order valence-corrected chi connectivity index (χ3v) is 5.56. The highest BCUT2D eigenvalue weighted by Crippen LogP contribution is 2.25. The maximum absolute atomic E-state index is 11.5. The molecule has 1 aromatic heterocycles. The quantitative estimate of drug-likeness (QED) is 0.825. The van der Waals surface area contributed by atoms with E-state index in [-0.39, 0.29) is 11.7 Å². The van der Waals surface area contributed by atoms with Gasteiger partial charge in [-0.15, -0.1) is 0 Å². The second-order valence-corrected chi connectivity index (χ2v) is 8.57. The molecule has 0 saturated carbocycles. The summed E-state index contributed by atoms with van der Waals surface area (Å²) in [5.41, 5.74) is 2.12. The summed E-state index contributed by atoms with van der Waals surface area (Å²) in [6, 6.07) is 0. The van der Waals surface area contributed by atoms with Crippen LogP contribution < -0.4 is 0 Å². The summed E-state index contributed by atoms with van der Waals surface area (Å²) in [5, 5.41) is 5.13. The predicted octanol–water partition coefficient (Wildman–Crippen LogP) is 1.89. The van der Waals surface area contributed by atoms with E-state index in [0.29, 0.717) is 5.15 Å². The van der Waals surface area contributed by atoms with Crippen molar-refractivity contribution in [1.82, 2.24) is 14.7 Å². The van der Waals surface area contributed by atoms with Crippen molar-refractivity contribution in [2.45, 2.75) is 32.7 Å². The third kappa shape index (κ3) is 4.44. The normalized spacial score (nSPS) is 20.9. The van der Waals surface area contributed by atoms with Crippen LogP contribution in [-0.4, -0.2) is 48.2 Å². The van der Waals surface area contributed by atoms with Gasteiger partial charge in [-0.2, -0.15) is 5.10 Å². The van der Waals surface area contributed by atoms with Gasteiger partial charge in [-0.3, -0.25) is 9.58 Å². The van der Waals surface area contributed by atoms with E-state index in [1.807, 2.05) is 7.05 Å². The molecule has 5 nitrogen and oxygen atoms in total. The molecule has 1 atom stereocenters. The maximum atomic E-state index is 11.5. The molecule has 0 aliphatic carbocycles. The zero-order valence-corrected chi connectivity index (χ0v) is 14.5. The number of nitrogens with zero attached hydrogens (tertiary/aromatic N) is 3. The molecule has 0 amide bonds. The Morgan fingerprint density at radius 1 is 1.43 bits per heavy atom. The Labute approximate surface area is 132 Å². The lowest BCUT2D eigenvalue weighted by Crippen LogP contribution is -2.37. The molecular weight excluding hydrogens is 310 g/mol. The molecule has 0 spiro atoms. The second kappa shape index (κ2) is 6.67. The lowest BCUT2D eigenvalue weighted by Gasteiger charge is -2.32. The van der Waals surface area contributed by atoms with E-state index in [0.717, 1.165) is 50.2 Å². The van der Waals surface area contributed by atoms with Crippen LogP contribution in [0.1, 0.15) is 31.0 Å². The molecule has 1 aliphatic heterocycles. The number of aromatic nitrogens is 2. The first-order valence-electron chi connectivity index (χ1n) is 7.40. The molecule has 21 heavy (non-hydrogen) atoms. The molecule has 1 aliphatic rings. The Morgan fingerprint density at radius 3 is 2.76 bits per heavy atom. The molecule has 1 saturated heterocycles. The number of rotatable bonds is 5. The summed E-state index contributed by atoms with van der Waals surface area (Å²) >= 11 is 6.33. The summed E-state index contributed by atoms with van der Waals surface area (Å²) in [6.45, 7) is 4.65. The van der Waals surface area contributed by atoms with Gasteiger partial charge in [0.2, 0.25) is 0 Å². The van der Waals surface area contributed by atoms with Crippen LogP contribution in [-0.2, 0) is 29.9 Å². The van der Waals surface area contributed by atoms with Crippen LogP contribution in [0.4, 0.5) is 0 Å². The zero-order valence-electron chi connectivity index (χ0n) is 13.0. The van der Waals surface area contributed by atoms with Crippen LogP contribution in [0.3, 0.4) is 0 Å². The van der Waals surface area contributed by atoms with Crippen molar-refractivity contribution in [2.75, 3.05) is 25.1 Å². The molecule has 1 unspecified atom stereocenters. The minimum Gasteiger partial charge on any atom is -0.299 e. The van der Waals surface area contributed by atoms with Crippen molar-refractivity contribution in [2.24, 2.45) is 13.0 Å². The highest BCUT2D eigenvalue weighted by atomic mass is 35.5. The van der Waals surface area contributed by atoms with Crippen molar-refractivity contribution in [3.05, 3.63) is 16.4 Å². The van der Waals surface area contributed by atoms with Crippen LogP contribution in [0.2, 0.25) is 5.15 Å². The maximum Gasteiger partial charge on any atom is 0.147 e. The van der Waals surface area contributed by atoms with Gasteiger partial charge in [-0.1, -0.05) is 18.5 Å². The van der Waals surface area contributed by atoms with E-state index in [9.17, 15) is 8.42 Å². The van der Waals surface area contributed by atoms with E-state index in [2.05, 4.69) is 16.9 Å². The van der Waals surface area contributed by atoms with Gasteiger partial charge in [0, 0.05) is 32.0 Å². The number of hydrogen-bond acceptors (Lipinski definition) is 4. The topological polar surface area (TPSA) is 55.2 Å². The molecule has 120 valence electrons. The highest BCUT2D eigenvalue weighted by Gasteiger charge is 2.25. The van der Waals surface area contributed by atoms with Crippen LogP contribution in [0.5, 0.6) is 0 Å². The molecule has 0 bridgehead atoms. The van der Waals surface area contributed by atoms with Gasteiger partial charge in [-0.25, -0.2) is 8.42 Å². The Hall–Kier alpha value is -0.590. The molecular formula is C14H24ClN3O2S. The highest BCUT2D eigenvalue weighted by molar-refractivity contribution is 7.90. The number of sulfone groups is 1. The fourth-order valence-electron chi connectivity index (χ4n) is 3.12. The lowest BCUT2D eigenvalue weighted by molar-refractivity contribution is 0.177. The van der Waals surface area contributed by atoms with Crippen LogP contribution in [0, 0.1) is 5.92 Å². The molecule has 0 radical (unpaired) electrons. The fourth-order valence-corrected chi connectivity index (χ4v) is 4.46. The Kier molecular flexibility index (Phi) is 5.33. The van der Waals surface area contributed by atoms with E-state index in [1.165, 1.54) is 6.26 Å². The van der Waals surface area contributed by atoms with Crippen molar-refractivity contribution < 1.29 is 8.42 Å². The summed E-state index contributed by atoms with van der Waals surface area (Å²) in [7, 11) is -1.05. The molecule has 1 aromatic rings. The van der Waals surface area contributed by atoms with Gasteiger partial charge >= 0.3 is 0 Å². The Bertz CT molecular complexity index is 598. The van der Waals surface area contributed by atoms with Crippen molar-refractivity contribution in [3.8, 4) is 0 Å². The number of aryl methyl sites for hydroxylation is 2. The van der Waals surface area contributed by atoms with E-state index in [4.69, 9.17) is 11.6 Å². The number of likely N-dealkylation sites (tertiary alicyclic amines) is 1. The minimum absolute atomic E-state index is 0.231. The van der Waals surface area contributed by atoms with Crippen molar-refractivity contribution >= 4 is 21.4 Å². The van der Waals surface area contributed by atoms with Gasteiger partial charge in [-0.05, 0) is 31.7 Å². The van der Waals surface area contributed by atoms with Crippen LogP contribution >= 0.6 is 11.6 Å². The Morgan fingerprint density at radius 2 is 2.14 bits per heavy atom. The largest absolute Gasteiger partial charge is 0.299 e. The molecule has 7 heteroatoms. The number of piperidine rings is 1. The average molecular weight is 334 g/mol. The van der Waals surface area contributed by atoms with E-state index >= 15 is 0 Å². The van der Waals surface area contributed by atoms with Crippen molar-refractivity contribution in [3.63, 3.8) is 0 Å². The molecule has 0 aromatic carbocycles. The minimum atomic E-state index is -2.91. The van der Waals surface area contributed by atoms with Gasteiger partial charge in [0.15, 0.2) is 0 Å². The first-order valence-corrected chi connectivity index (χ1v) is 9.84. The summed E-state index contributed by atoms with van der Waals surface area (Å²) in [6.07, 6.45) is 4.21. The summed E-state index contributed by atoms with van der Waals surface area (Å²) < 4.78 is 24.7. The zero-order chi connectivity index (χ0) is 15.6. The standard InChI is InChI=1S/C14H24ClN3O2S/c1-4-13-12(14(15)17(2)16-13)9-18-7-5-6-11(8-18)10-21(3,19)20/h11H,4-10H2,1-3H3.